The molecule has 0 aliphatic heterocycles. The molecule has 0 aliphatic carbocycles. The average Bonchev–Trinajstić information content (AvgIpc) is 2.31. The van der Waals surface area contributed by atoms with Gasteiger partial charge in [-0.3, -0.25) is 0 Å². The number of hydrogen-bond acceptors (Lipinski definition) is 4. The first-order valence-electron chi connectivity index (χ1n) is 8.07. The molecule has 139 valence electrons. The fourth-order valence-corrected chi connectivity index (χ4v) is 1.53. The Hall–Kier alpha value is -0.554. The summed E-state index contributed by atoms with van der Waals surface area (Å²) in [5, 5.41) is 20.6. The third kappa shape index (κ3) is 21.4. The second-order valence-electron chi connectivity index (χ2n) is 8.64. The van der Waals surface area contributed by atoms with Crippen molar-refractivity contribution in [2.24, 2.45) is 22.7 Å². The van der Waals surface area contributed by atoms with Gasteiger partial charge in [0.2, 0.25) is 0 Å². The standard InChI is InChI=1S/2C9H18O2.Co/c2*1-7(8(10)11)5-6-9(2,3)4;/h2*7H,5-6H2,1-4H3,(H,10,11);/q;;+2/p-2. The van der Waals surface area contributed by atoms with Gasteiger partial charge < -0.3 is 19.8 Å². The van der Waals surface area contributed by atoms with Crippen LogP contribution in [0.5, 0.6) is 0 Å². The number of carboxylic acids is 2. The van der Waals surface area contributed by atoms with Gasteiger partial charge in [-0.2, -0.15) is 0 Å². The zero-order valence-corrected chi connectivity index (χ0v) is 17.0. The van der Waals surface area contributed by atoms with Crippen LogP contribution >= 0.6 is 0 Å². The van der Waals surface area contributed by atoms with Crippen molar-refractivity contribution in [2.45, 2.75) is 81.1 Å². The molecule has 0 aromatic rings. The molecule has 0 rings (SSSR count). The van der Waals surface area contributed by atoms with Crippen LogP contribution in [-0.2, 0) is 26.4 Å². The Morgan fingerprint density at radius 2 is 0.957 bits per heavy atom. The largest absolute Gasteiger partial charge is 2.00 e. The predicted molar refractivity (Wildman–Crippen MR) is 85.7 cm³/mol. The van der Waals surface area contributed by atoms with Crippen LogP contribution in [0.25, 0.3) is 0 Å². The monoisotopic (exact) mass is 373 g/mol. The molecular weight excluding hydrogens is 339 g/mol. The molecule has 5 heteroatoms. The van der Waals surface area contributed by atoms with Crippen LogP contribution in [0.1, 0.15) is 81.1 Å². The van der Waals surface area contributed by atoms with E-state index >= 15 is 0 Å². The zero-order chi connectivity index (χ0) is 18.1. The van der Waals surface area contributed by atoms with Crippen molar-refractivity contribution >= 4 is 11.9 Å². The molecule has 0 aromatic carbocycles. The first kappa shape index (κ1) is 27.3. The van der Waals surface area contributed by atoms with Gasteiger partial charge in [0, 0.05) is 11.9 Å². The molecule has 0 saturated carbocycles. The van der Waals surface area contributed by atoms with E-state index in [1.165, 1.54) is 0 Å². The van der Waals surface area contributed by atoms with Crippen molar-refractivity contribution in [3.8, 4) is 0 Å². The molecule has 23 heavy (non-hydrogen) atoms. The molecule has 0 N–H and O–H groups in total. The third-order valence-electron chi connectivity index (χ3n) is 3.46. The van der Waals surface area contributed by atoms with Gasteiger partial charge in [0.25, 0.3) is 0 Å². The van der Waals surface area contributed by atoms with Gasteiger partial charge in [0.15, 0.2) is 0 Å². The quantitative estimate of drug-likeness (QED) is 0.716. The van der Waals surface area contributed by atoms with Gasteiger partial charge in [-0.25, -0.2) is 0 Å². The van der Waals surface area contributed by atoms with Crippen LogP contribution in [0.15, 0.2) is 0 Å². The van der Waals surface area contributed by atoms with Crippen molar-refractivity contribution < 1.29 is 36.6 Å². The van der Waals surface area contributed by atoms with Gasteiger partial charge in [0.1, 0.15) is 0 Å². The Kier molecular flexibility index (Phi) is 14.1. The molecule has 0 heterocycles. The van der Waals surface area contributed by atoms with Crippen molar-refractivity contribution in [3.05, 3.63) is 0 Å². The van der Waals surface area contributed by atoms with Crippen LogP contribution in [0.2, 0.25) is 0 Å². The number of aliphatic carboxylic acids is 2. The summed E-state index contributed by atoms with van der Waals surface area (Å²) >= 11 is 0. The maximum absolute atomic E-state index is 10.3. The molecule has 0 aromatic heterocycles. The van der Waals surface area contributed by atoms with Crippen molar-refractivity contribution in [2.75, 3.05) is 0 Å². The van der Waals surface area contributed by atoms with Crippen molar-refractivity contribution in [1.29, 1.82) is 0 Å². The van der Waals surface area contributed by atoms with E-state index in [1.54, 1.807) is 13.8 Å². The van der Waals surface area contributed by atoms with E-state index in [0.717, 1.165) is 12.8 Å². The Bertz CT molecular complexity index is 306. The van der Waals surface area contributed by atoms with Gasteiger partial charge >= 0.3 is 16.8 Å². The normalized spacial score (nSPS) is 13.9. The fourth-order valence-electron chi connectivity index (χ4n) is 1.53. The van der Waals surface area contributed by atoms with E-state index in [-0.39, 0.29) is 39.4 Å². The molecule has 2 unspecified atom stereocenters. The minimum absolute atomic E-state index is 0. The first-order valence-corrected chi connectivity index (χ1v) is 8.07. The number of rotatable bonds is 6. The Morgan fingerprint density at radius 1 is 0.739 bits per heavy atom. The molecule has 0 bridgehead atoms. The Balaban J connectivity index is -0.000000333. The average molecular weight is 373 g/mol. The Morgan fingerprint density at radius 3 is 1.09 bits per heavy atom. The van der Waals surface area contributed by atoms with E-state index < -0.39 is 11.9 Å². The summed E-state index contributed by atoms with van der Waals surface area (Å²) in [6.45, 7) is 16.0. The van der Waals surface area contributed by atoms with Crippen molar-refractivity contribution in [3.63, 3.8) is 0 Å². The van der Waals surface area contributed by atoms with Crippen LogP contribution in [0.3, 0.4) is 0 Å². The van der Waals surface area contributed by atoms with Gasteiger partial charge in [0.05, 0.1) is 0 Å². The van der Waals surface area contributed by atoms with E-state index in [9.17, 15) is 19.8 Å². The van der Waals surface area contributed by atoms with E-state index in [0.29, 0.717) is 12.8 Å². The number of carbonyl (C=O) groups excluding carboxylic acids is 2. The minimum Gasteiger partial charge on any atom is -0.550 e. The molecular formula is C18H34CoO4. The van der Waals surface area contributed by atoms with Gasteiger partial charge in [-0.15, -0.1) is 0 Å². The fraction of sp³-hybridized carbons (Fsp3) is 0.889. The summed E-state index contributed by atoms with van der Waals surface area (Å²) in [4.78, 5) is 20.6. The van der Waals surface area contributed by atoms with E-state index in [2.05, 4.69) is 41.5 Å². The second-order valence-corrected chi connectivity index (χ2v) is 8.64. The maximum atomic E-state index is 10.3. The van der Waals surface area contributed by atoms with E-state index in [1.807, 2.05) is 0 Å². The molecule has 2 atom stereocenters. The zero-order valence-electron chi connectivity index (χ0n) is 15.9. The van der Waals surface area contributed by atoms with Crippen molar-refractivity contribution in [1.82, 2.24) is 0 Å². The van der Waals surface area contributed by atoms with Crippen LogP contribution in [-0.4, -0.2) is 11.9 Å². The molecule has 0 spiro atoms. The topological polar surface area (TPSA) is 80.3 Å². The summed E-state index contributed by atoms with van der Waals surface area (Å²) in [6, 6.07) is 0. The minimum atomic E-state index is -0.936. The summed E-state index contributed by atoms with van der Waals surface area (Å²) < 4.78 is 0. The molecule has 0 fully saturated rings. The smallest absolute Gasteiger partial charge is 0.550 e. The summed E-state index contributed by atoms with van der Waals surface area (Å²) in [5.41, 5.74) is 0.452. The molecule has 0 aliphatic rings. The van der Waals surface area contributed by atoms with E-state index in [4.69, 9.17) is 0 Å². The number of carbonyl (C=O) groups is 2. The third-order valence-corrected chi connectivity index (χ3v) is 3.46. The SMILES string of the molecule is CC(CCC(C)(C)C)C(=O)[O-].CC(CCC(C)(C)C)C(=O)[O-].[Co+2]. The molecule has 1 radical (unpaired) electrons. The predicted octanol–water partition coefficient (Wildman–Crippen LogP) is 2.39. The maximum Gasteiger partial charge on any atom is 2.00 e. The summed E-state index contributed by atoms with van der Waals surface area (Å²) in [7, 11) is 0. The summed E-state index contributed by atoms with van der Waals surface area (Å²) in [5.74, 6) is -2.49. The Labute approximate surface area is 152 Å². The molecule has 0 saturated heterocycles. The van der Waals surface area contributed by atoms with Gasteiger partial charge in [-0.1, -0.05) is 55.4 Å². The van der Waals surface area contributed by atoms with Crippen LogP contribution < -0.4 is 10.2 Å². The number of hydrogen-bond donors (Lipinski definition) is 0. The number of carboxylic acid groups (broad SMARTS) is 2. The summed E-state index contributed by atoms with van der Waals surface area (Å²) in [6.07, 6.45) is 3.29. The van der Waals surface area contributed by atoms with Gasteiger partial charge in [-0.05, 0) is 48.3 Å². The van der Waals surface area contributed by atoms with Crippen LogP contribution in [0, 0.1) is 22.7 Å². The second kappa shape index (κ2) is 11.9. The first-order chi connectivity index (χ1) is 9.65. The molecule has 4 nitrogen and oxygen atoms in total. The molecule has 0 amide bonds. The van der Waals surface area contributed by atoms with Crippen LogP contribution in [0.4, 0.5) is 0 Å².